The van der Waals surface area contributed by atoms with E-state index in [1.807, 2.05) is 23.6 Å². The van der Waals surface area contributed by atoms with Gasteiger partial charge in [-0.15, -0.1) is 0 Å². The Labute approximate surface area is 95.8 Å². The van der Waals surface area contributed by atoms with Gasteiger partial charge in [0.25, 0.3) is 0 Å². The minimum Gasteiger partial charge on any atom is -0.340 e. The van der Waals surface area contributed by atoms with E-state index in [-0.39, 0.29) is 24.2 Å². The smallest absolute Gasteiger partial charge is 0.317 e. The third-order valence-corrected chi connectivity index (χ3v) is 3.43. The summed E-state index contributed by atoms with van der Waals surface area (Å²) in [6, 6.07) is 0.643. The standard InChI is InChI=1S/C11H19N3O2/c1-8(2)12-11(16)14-6-4-9-10(14)3-5-13(9)7-15/h7-10H,3-6H2,1-2H3,(H,12,16)/t9-,10-/m1/s1. The third-order valence-electron chi connectivity index (χ3n) is 3.43. The van der Waals surface area contributed by atoms with Gasteiger partial charge in [0.05, 0.1) is 12.1 Å². The second kappa shape index (κ2) is 4.31. The molecule has 5 heteroatoms. The normalized spacial score (nSPS) is 28.4. The lowest BCUT2D eigenvalue weighted by Crippen LogP contribution is -2.46. The Bertz CT molecular complexity index is 293. The van der Waals surface area contributed by atoms with E-state index in [2.05, 4.69) is 5.32 Å². The molecule has 0 aliphatic carbocycles. The zero-order valence-electron chi connectivity index (χ0n) is 9.85. The molecule has 2 heterocycles. The van der Waals surface area contributed by atoms with E-state index in [9.17, 15) is 9.59 Å². The van der Waals surface area contributed by atoms with Crippen LogP contribution in [0.3, 0.4) is 0 Å². The summed E-state index contributed by atoms with van der Waals surface area (Å²) in [5, 5.41) is 2.91. The van der Waals surface area contributed by atoms with Gasteiger partial charge in [-0.1, -0.05) is 0 Å². The molecule has 0 unspecified atom stereocenters. The fraction of sp³-hybridized carbons (Fsp3) is 0.818. The predicted molar refractivity (Wildman–Crippen MR) is 60.0 cm³/mol. The van der Waals surface area contributed by atoms with Crippen molar-refractivity contribution in [3.8, 4) is 0 Å². The van der Waals surface area contributed by atoms with Crippen LogP contribution in [0.2, 0.25) is 0 Å². The molecule has 5 nitrogen and oxygen atoms in total. The second-order valence-electron chi connectivity index (χ2n) is 4.85. The van der Waals surface area contributed by atoms with E-state index in [0.29, 0.717) is 0 Å². The van der Waals surface area contributed by atoms with Crippen LogP contribution in [0.5, 0.6) is 0 Å². The van der Waals surface area contributed by atoms with Crippen molar-refractivity contribution in [2.45, 2.75) is 44.8 Å². The largest absolute Gasteiger partial charge is 0.340 e. The van der Waals surface area contributed by atoms with Crippen LogP contribution in [0.25, 0.3) is 0 Å². The van der Waals surface area contributed by atoms with Crippen molar-refractivity contribution >= 4 is 12.4 Å². The first-order valence-corrected chi connectivity index (χ1v) is 5.91. The summed E-state index contributed by atoms with van der Waals surface area (Å²) in [6.45, 7) is 5.46. The van der Waals surface area contributed by atoms with Crippen LogP contribution in [-0.4, -0.2) is 53.5 Å². The maximum absolute atomic E-state index is 11.9. The topological polar surface area (TPSA) is 52.7 Å². The average Bonchev–Trinajstić information content (AvgIpc) is 2.75. The zero-order chi connectivity index (χ0) is 11.7. The van der Waals surface area contributed by atoms with E-state index >= 15 is 0 Å². The van der Waals surface area contributed by atoms with Gasteiger partial charge in [-0.05, 0) is 26.7 Å². The highest BCUT2D eigenvalue weighted by Gasteiger charge is 2.43. The molecule has 2 atom stereocenters. The third kappa shape index (κ3) is 1.86. The van der Waals surface area contributed by atoms with E-state index in [0.717, 1.165) is 32.3 Å². The molecule has 90 valence electrons. The van der Waals surface area contributed by atoms with E-state index in [4.69, 9.17) is 0 Å². The van der Waals surface area contributed by atoms with E-state index < -0.39 is 0 Å². The molecule has 2 aliphatic heterocycles. The quantitative estimate of drug-likeness (QED) is 0.692. The second-order valence-corrected chi connectivity index (χ2v) is 4.85. The van der Waals surface area contributed by atoms with Crippen molar-refractivity contribution in [3.05, 3.63) is 0 Å². The maximum atomic E-state index is 11.9. The summed E-state index contributed by atoms with van der Waals surface area (Å²) >= 11 is 0. The summed E-state index contributed by atoms with van der Waals surface area (Å²) in [5.41, 5.74) is 0. The van der Waals surface area contributed by atoms with Crippen molar-refractivity contribution in [2.24, 2.45) is 0 Å². The van der Waals surface area contributed by atoms with Crippen LogP contribution in [-0.2, 0) is 4.79 Å². The number of hydrogen-bond donors (Lipinski definition) is 1. The van der Waals surface area contributed by atoms with Crippen molar-refractivity contribution in [1.29, 1.82) is 0 Å². The van der Waals surface area contributed by atoms with Gasteiger partial charge in [0, 0.05) is 19.1 Å². The van der Waals surface area contributed by atoms with Gasteiger partial charge in [-0.3, -0.25) is 4.79 Å². The molecule has 16 heavy (non-hydrogen) atoms. The average molecular weight is 225 g/mol. The summed E-state index contributed by atoms with van der Waals surface area (Å²) in [7, 11) is 0. The Morgan fingerprint density at radius 3 is 2.62 bits per heavy atom. The number of fused-ring (bicyclic) bond motifs is 1. The highest BCUT2D eigenvalue weighted by Crippen LogP contribution is 2.30. The fourth-order valence-corrected chi connectivity index (χ4v) is 2.73. The maximum Gasteiger partial charge on any atom is 0.317 e. The lowest BCUT2D eigenvalue weighted by molar-refractivity contribution is -0.118. The van der Waals surface area contributed by atoms with Gasteiger partial charge < -0.3 is 15.1 Å². The van der Waals surface area contributed by atoms with Gasteiger partial charge in [-0.2, -0.15) is 0 Å². The molecular weight excluding hydrogens is 206 g/mol. The Kier molecular flexibility index (Phi) is 3.03. The highest BCUT2D eigenvalue weighted by atomic mass is 16.2. The van der Waals surface area contributed by atoms with Gasteiger partial charge in [0.1, 0.15) is 0 Å². The number of urea groups is 1. The SMILES string of the molecule is CC(C)NC(=O)N1CC[C@@H]2[C@H]1CCN2C=O. The molecular formula is C11H19N3O2. The lowest BCUT2D eigenvalue weighted by atomic mass is 10.1. The van der Waals surface area contributed by atoms with Crippen LogP contribution in [0, 0.1) is 0 Å². The van der Waals surface area contributed by atoms with Crippen molar-refractivity contribution in [3.63, 3.8) is 0 Å². The minimum absolute atomic E-state index is 0.00949. The molecule has 3 amide bonds. The summed E-state index contributed by atoms with van der Waals surface area (Å²) in [4.78, 5) is 26.4. The van der Waals surface area contributed by atoms with Crippen LogP contribution < -0.4 is 5.32 Å². The Morgan fingerprint density at radius 2 is 2.00 bits per heavy atom. The van der Waals surface area contributed by atoms with Gasteiger partial charge in [0.15, 0.2) is 0 Å². The summed E-state index contributed by atoms with van der Waals surface area (Å²) in [6.07, 6.45) is 2.73. The van der Waals surface area contributed by atoms with Gasteiger partial charge in [-0.25, -0.2) is 4.79 Å². The Balaban J connectivity index is 1.99. The van der Waals surface area contributed by atoms with Crippen LogP contribution in [0.15, 0.2) is 0 Å². The first-order chi connectivity index (χ1) is 7.63. The Morgan fingerprint density at radius 1 is 1.31 bits per heavy atom. The highest BCUT2D eigenvalue weighted by molar-refractivity contribution is 5.75. The number of rotatable bonds is 2. The predicted octanol–water partition coefficient (Wildman–Crippen LogP) is 0.409. The molecule has 2 fully saturated rings. The van der Waals surface area contributed by atoms with Crippen molar-refractivity contribution in [2.75, 3.05) is 13.1 Å². The number of nitrogens with zero attached hydrogens (tertiary/aromatic N) is 2. The monoisotopic (exact) mass is 225 g/mol. The fourth-order valence-electron chi connectivity index (χ4n) is 2.73. The molecule has 0 bridgehead atoms. The number of carbonyl (C=O) groups excluding carboxylic acids is 2. The Hall–Kier alpha value is -1.26. The molecule has 0 saturated carbocycles. The molecule has 0 aromatic rings. The number of nitrogens with one attached hydrogen (secondary N) is 1. The molecule has 2 rings (SSSR count). The summed E-state index contributed by atoms with van der Waals surface area (Å²) in [5.74, 6) is 0. The molecule has 0 aromatic carbocycles. The molecule has 1 N–H and O–H groups in total. The van der Waals surface area contributed by atoms with Crippen LogP contribution in [0.1, 0.15) is 26.7 Å². The van der Waals surface area contributed by atoms with Gasteiger partial charge in [0.2, 0.25) is 6.41 Å². The van der Waals surface area contributed by atoms with Crippen molar-refractivity contribution in [1.82, 2.24) is 15.1 Å². The zero-order valence-corrected chi connectivity index (χ0v) is 9.85. The lowest BCUT2D eigenvalue weighted by Gasteiger charge is -2.25. The molecule has 0 spiro atoms. The molecule has 2 aliphatic rings. The first-order valence-electron chi connectivity index (χ1n) is 5.91. The van der Waals surface area contributed by atoms with Crippen LogP contribution in [0.4, 0.5) is 4.79 Å². The van der Waals surface area contributed by atoms with E-state index in [1.165, 1.54) is 0 Å². The number of likely N-dealkylation sites (tertiary alicyclic amines) is 2. The number of amides is 3. The molecule has 0 aromatic heterocycles. The van der Waals surface area contributed by atoms with Crippen LogP contribution >= 0.6 is 0 Å². The summed E-state index contributed by atoms with van der Waals surface area (Å²) < 4.78 is 0. The first kappa shape index (κ1) is 11.2. The number of carbonyl (C=O) groups is 2. The van der Waals surface area contributed by atoms with Gasteiger partial charge >= 0.3 is 6.03 Å². The van der Waals surface area contributed by atoms with Crippen molar-refractivity contribution < 1.29 is 9.59 Å². The molecule has 2 saturated heterocycles. The van der Waals surface area contributed by atoms with E-state index in [1.54, 1.807) is 0 Å². The molecule has 0 radical (unpaired) electrons. The minimum atomic E-state index is 0.00949. The number of hydrogen-bond acceptors (Lipinski definition) is 2.